The molecule has 0 amide bonds. The van der Waals surface area contributed by atoms with Crippen molar-refractivity contribution in [2.45, 2.75) is 11.1 Å². The minimum absolute atomic E-state index is 0.0307. The summed E-state index contributed by atoms with van der Waals surface area (Å²) < 4.78 is 61.1. The highest BCUT2D eigenvalue weighted by atomic mass is 32.2. The Morgan fingerprint density at radius 3 is 2.29 bits per heavy atom. The van der Waals surface area contributed by atoms with Crippen molar-refractivity contribution >= 4 is 9.84 Å². The van der Waals surface area contributed by atoms with Crippen LogP contribution in [0.2, 0.25) is 0 Å². The third-order valence-corrected chi connectivity index (χ3v) is 4.01. The molecule has 0 atom stereocenters. The lowest BCUT2D eigenvalue weighted by atomic mass is 10.0. The van der Waals surface area contributed by atoms with Crippen LogP contribution in [0.1, 0.15) is 5.56 Å². The van der Waals surface area contributed by atoms with Crippen molar-refractivity contribution in [1.29, 1.82) is 0 Å². The summed E-state index contributed by atoms with van der Waals surface area (Å²) >= 11 is 0. The van der Waals surface area contributed by atoms with Gasteiger partial charge in [0, 0.05) is 11.8 Å². The number of alkyl halides is 3. The van der Waals surface area contributed by atoms with Crippen LogP contribution in [0.15, 0.2) is 47.4 Å². The molecule has 2 aromatic rings. The maximum Gasteiger partial charge on any atom is 0.416 e. The summed E-state index contributed by atoms with van der Waals surface area (Å²) in [7, 11) is -3.49. The molecule has 0 aliphatic heterocycles. The first-order valence-corrected chi connectivity index (χ1v) is 7.69. The number of aromatic hydroxyl groups is 1. The zero-order valence-corrected chi connectivity index (χ0v) is 11.7. The monoisotopic (exact) mass is 316 g/mol. The predicted molar refractivity (Wildman–Crippen MR) is 71.7 cm³/mol. The molecular formula is C14H11F3O3S. The second-order valence-electron chi connectivity index (χ2n) is 4.53. The molecule has 0 saturated heterocycles. The number of sulfone groups is 1. The van der Waals surface area contributed by atoms with E-state index in [4.69, 9.17) is 0 Å². The van der Waals surface area contributed by atoms with E-state index in [9.17, 15) is 26.7 Å². The second kappa shape index (κ2) is 5.07. The van der Waals surface area contributed by atoms with Crippen LogP contribution < -0.4 is 0 Å². The molecule has 0 spiro atoms. The fourth-order valence-corrected chi connectivity index (χ4v) is 2.50. The van der Waals surface area contributed by atoms with Crippen molar-refractivity contribution < 1.29 is 26.7 Å². The summed E-state index contributed by atoms with van der Waals surface area (Å²) in [5, 5.41) is 9.73. The first-order valence-electron chi connectivity index (χ1n) is 5.80. The molecule has 2 aromatic carbocycles. The lowest BCUT2D eigenvalue weighted by Gasteiger charge is -2.11. The summed E-state index contributed by atoms with van der Waals surface area (Å²) in [6.07, 6.45) is -3.55. The zero-order valence-electron chi connectivity index (χ0n) is 10.8. The fraction of sp³-hybridized carbons (Fsp3) is 0.143. The second-order valence-corrected chi connectivity index (χ2v) is 6.55. The molecule has 0 aliphatic carbocycles. The molecule has 0 unspecified atom stereocenters. The largest absolute Gasteiger partial charge is 0.507 e. The Kier molecular flexibility index (Phi) is 3.71. The van der Waals surface area contributed by atoms with Crippen LogP contribution in [0.25, 0.3) is 11.1 Å². The summed E-state index contributed by atoms with van der Waals surface area (Å²) in [4.78, 5) is -0.0307. The maximum absolute atomic E-state index is 12.7. The van der Waals surface area contributed by atoms with E-state index >= 15 is 0 Å². The van der Waals surface area contributed by atoms with Crippen molar-refractivity contribution in [2.75, 3.05) is 6.26 Å². The predicted octanol–water partition coefficient (Wildman–Crippen LogP) is 3.48. The number of phenolic OH excluding ortho intramolecular Hbond substituents is 1. The first kappa shape index (κ1) is 15.4. The third-order valence-electron chi connectivity index (χ3n) is 2.90. The van der Waals surface area contributed by atoms with Gasteiger partial charge in [-0.1, -0.05) is 12.1 Å². The SMILES string of the molecule is CS(=O)(=O)c1cccc(-c2cc(C(F)(F)F)ccc2O)c1. The molecule has 112 valence electrons. The van der Waals surface area contributed by atoms with E-state index in [0.717, 1.165) is 24.5 Å². The zero-order chi connectivity index (χ0) is 15.8. The van der Waals surface area contributed by atoms with E-state index in [1.165, 1.54) is 24.3 Å². The minimum Gasteiger partial charge on any atom is -0.507 e. The highest BCUT2D eigenvalue weighted by Gasteiger charge is 2.31. The van der Waals surface area contributed by atoms with Gasteiger partial charge in [-0.25, -0.2) is 8.42 Å². The standard InChI is InChI=1S/C14H11F3O3S/c1-21(19,20)11-4-2-3-9(7-11)12-8-10(14(15,16)17)5-6-13(12)18/h2-8,18H,1H3. The molecule has 0 bridgehead atoms. The number of hydrogen-bond donors (Lipinski definition) is 1. The Morgan fingerprint density at radius 2 is 1.71 bits per heavy atom. The van der Waals surface area contributed by atoms with Gasteiger partial charge < -0.3 is 5.11 Å². The molecule has 2 rings (SSSR count). The summed E-state index contributed by atoms with van der Waals surface area (Å²) in [6.45, 7) is 0. The molecule has 0 fully saturated rings. The smallest absolute Gasteiger partial charge is 0.416 e. The summed E-state index contributed by atoms with van der Waals surface area (Å²) in [5.41, 5.74) is -0.795. The van der Waals surface area contributed by atoms with E-state index in [2.05, 4.69) is 0 Å². The Morgan fingerprint density at radius 1 is 1.05 bits per heavy atom. The lowest BCUT2D eigenvalue weighted by molar-refractivity contribution is -0.137. The Bertz CT molecular complexity index is 780. The van der Waals surface area contributed by atoms with E-state index in [1.807, 2.05) is 0 Å². The van der Waals surface area contributed by atoms with Gasteiger partial charge in [-0.05, 0) is 35.9 Å². The first-order chi connectivity index (χ1) is 9.59. The van der Waals surface area contributed by atoms with Crippen molar-refractivity contribution in [3.05, 3.63) is 48.0 Å². The van der Waals surface area contributed by atoms with Crippen LogP contribution in [-0.2, 0) is 16.0 Å². The van der Waals surface area contributed by atoms with Gasteiger partial charge in [0.15, 0.2) is 9.84 Å². The third kappa shape index (κ3) is 3.36. The van der Waals surface area contributed by atoms with Crippen LogP contribution in [0.3, 0.4) is 0 Å². The average Bonchev–Trinajstić information content (AvgIpc) is 2.37. The molecule has 0 saturated carbocycles. The van der Waals surface area contributed by atoms with Gasteiger partial charge in [-0.15, -0.1) is 0 Å². The Hall–Kier alpha value is -2.02. The molecule has 0 aliphatic rings. The highest BCUT2D eigenvalue weighted by molar-refractivity contribution is 7.90. The molecule has 0 radical (unpaired) electrons. The van der Waals surface area contributed by atoms with E-state index in [0.29, 0.717) is 0 Å². The lowest BCUT2D eigenvalue weighted by Crippen LogP contribution is -2.04. The number of benzene rings is 2. The van der Waals surface area contributed by atoms with Gasteiger partial charge in [0.1, 0.15) is 5.75 Å². The van der Waals surface area contributed by atoms with Gasteiger partial charge in [0.05, 0.1) is 10.5 Å². The van der Waals surface area contributed by atoms with Gasteiger partial charge >= 0.3 is 6.18 Å². The molecule has 3 nitrogen and oxygen atoms in total. The molecule has 1 N–H and O–H groups in total. The van der Waals surface area contributed by atoms with Gasteiger partial charge in [0.2, 0.25) is 0 Å². The van der Waals surface area contributed by atoms with Gasteiger partial charge in [0.25, 0.3) is 0 Å². The summed E-state index contributed by atoms with van der Waals surface area (Å²) in [5.74, 6) is -0.353. The average molecular weight is 316 g/mol. The minimum atomic E-state index is -4.54. The van der Waals surface area contributed by atoms with Crippen LogP contribution >= 0.6 is 0 Å². The van der Waals surface area contributed by atoms with Crippen LogP contribution in [0, 0.1) is 0 Å². The highest BCUT2D eigenvalue weighted by Crippen LogP contribution is 2.37. The van der Waals surface area contributed by atoms with Gasteiger partial charge in [-0.3, -0.25) is 0 Å². The van der Waals surface area contributed by atoms with Crippen LogP contribution in [-0.4, -0.2) is 19.8 Å². The van der Waals surface area contributed by atoms with Crippen molar-refractivity contribution in [3.8, 4) is 16.9 Å². The fourth-order valence-electron chi connectivity index (χ4n) is 1.84. The number of halogens is 3. The Balaban J connectivity index is 2.62. The van der Waals surface area contributed by atoms with E-state index in [1.54, 1.807) is 0 Å². The normalized spacial score (nSPS) is 12.4. The molecule has 7 heteroatoms. The van der Waals surface area contributed by atoms with E-state index < -0.39 is 21.6 Å². The molecule has 0 aromatic heterocycles. The summed E-state index contributed by atoms with van der Waals surface area (Å²) in [6, 6.07) is 7.89. The Labute approximate surface area is 119 Å². The van der Waals surface area contributed by atoms with E-state index in [-0.39, 0.29) is 21.8 Å². The maximum atomic E-state index is 12.7. The quantitative estimate of drug-likeness (QED) is 0.923. The van der Waals surface area contributed by atoms with Crippen molar-refractivity contribution in [2.24, 2.45) is 0 Å². The number of hydrogen-bond acceptors (Lipinski definition) is 3. The molecule has 0 heterocycles. The van der Waals surface area contributed by atoms with Crippen molar-refractivity contribution in [3.63, 3.8) is 0 Å². The molecular weight excluding hydrogens is 305 g/mol. The topological polar surface area (TPSA) is 54.4 Å². The van der Waals surface area contributed by atoms with Crippen molar-refractivity contribution in [1.82, 2.24) is 0 Å². The van der Waals surface area contributed by atoms with Crippen LogP contribution in [0.5, 0.6) is 5.75 Å². The molecule has 21 heavy (non-hydrogen) atoms. The van der Waals surface area contributed by atoms with Crippen LogP contribution in [0.4, 0.5) is 13.2 Å². The van der Waals surface area contributed by atoms with Gasteiger partial charge in [-0.2, -0.15) is 13.2 Å². The number of phenols is 1. The number of rotatable bonds is 2.